The molecule has 0 nitrogen and oxygen atoms in total. The van der Waals surface area contributed by atoms with Gasteiger partial charge in [0, 0.05) is 4.70 Å². The molecule has 1 aromatic heterocycles. The number of halogens is 1. The quantitative estimate of drug-likeness (QED) is 0.456. The lowest BCUT2D eigenvalue weighted by molar-refractivity contribution is 0.447. The topological polar surface area (TPSA) is 0 Å². The maximum Gasteiger partial charge on any atom is 0.0627 e. The number of hydrogen-bond donors (Lipinski definition) is 0. The molecule has 1 saturated carbocycles. The largest absolute Gasteiger partial charge is 0.143 e. The maximum atomic E-state index is 6.78. The molecule has 3 rings (SSSR count). The molecule has 0 spiro atoms. The van der Waals surface area contributed by atoms with Crippen LogP contribution in [0.3, 0.4) is 0 Å². The summed E-state index contributed by atoms with van der Waals surface area (Å²) in [4.78, 5) is 0. The molecule has 0 amide bonds. The normalized spacial score (nSPS) is 19.8. The van der Waals surface area contributed by atoms with Gasteiger partial charge in [-0.3, -0.25) is 0 Å². The summed E-state index contributed by atoms with van der Waals surface area (Å²) in [5.74, 6) is 0.673. The predicted molar refractivity (Wildman–Crippen MR) is 81.6 cm³/mol. The van der Waals surface area contributed by atoms with Crippen molar-refractivity contribution in [3.05, 3.63) is 35.2 Å². The molecule has 1 aliphatic rings. The Balaban J connectivity index is 1.88. The Morgan fingerprint density at radius 2 is 1.78 bits per heavy atom. The zero-order valence-corrected chi connectivity index (χ0v) is 12.1. The third-order valence-electron chi connectivity index (χ3n) is 4.12. The molecule has 1 unspecified atom stereocenters. The number of fused-ring (bicyclic) bond motifs is 1. The predicted octanol–water partition coefficient (Wildman–Crippen LogP) is 6.15. The molecular weight excluding hydrogens is 260 g/mol. The summed E-state index contributed by atoms with van der Waals surface area (Å²) in [5.41, 5.74) is 1.36. The molecule has 0 bridgehead atoms. The average molecular weight is 279 g/mol. The lowest BCUT2D eigenvalue weighted by atomic mass is 9.92. The summed E-state index contributed by atoms with van der Waals surface area (Å²) in [6, 6.07) is 8.64. The van der Waals surface area contributed by atoms with Crippen LogP contribution in [0.15, 0.2) is 29.6 Å². The number of thiophene rings is 1. The zero-order valence-electron chi connectivity index (χ0n) is 10.6. The van der Waals surface area contributed by atoms with Crippen LogP contribution in [0.5, 0.6) is 0 Å². The second-order valence-corrected chi connectivity index (χ2v) is 6.72. The molecule has 1 aliphatic carbocycles. The number of hydrogen-bond acceptors (Lipinski definition) is 1. The highest BCUT2D eigenvalue weighted by Crippen LogP contribution is 2.42. The molecular formula is C16H19ClS. The van der Waals surface area contributed by atoms with E-state index in [2.05, 4.69) is 29.6 Å². The van der Waals surface area contributed by atoms with Gasteiger partial charge in [-0.25, -0.2) is 0 Å². The summed E-state index contributed by atoms with van der Waals surface area (Å²) in [5, 5.41) is 3.85. The van der Waals surface area contributed by atoms with Crippen molar-refractivity contribution in [2.75, 3.05) is 0 Å². The van der Waals surface area contributed by atoms with E-state index < -0.39 is 0 Å². The van der Waals surface area contributed by atoms with Gasteiger partial charge < -0.3 is 0 Å². The van der Waals surface area contributed by atoms with Gasteiger partial charge in [0.05, 0.1) is 5.38 Å². The van der Waals surface area contributed by atoms with Gasteiger partial charge in [-0.2, -0.15) is 0 Å². The first kappa shape index (κ1) is 12.5. The molecule has 1 heterocycles. The van der Waals surface area contributed by atoms with E-state index in [0.29, 0.717) is 5.92 Å². The van der Waals surface area contributed by atoms with Crippen molar-refractivity contribution in [1.29, 1.82) is 0 Å². The van der Waals surface area contributed by atoms with Crippen molar-refractivity contribution in [3.63, 3.8) is 0 Å². The molecule has 1 aromatic carbocycles. The van der Waals surface area contributed by atoms with Gasteiger partial charge in [-0.15, -0.1) is 22.9 Å². The van der Waals surface area contributed by atoms with Gasteiger partial charge in [-0.05, 0) is 41.2 Å². The van der Waals surface area contributed by atoms with Crippen molar-refractivity contribution < 1.29 is 0 Å². The molecule has 1 fully saturated rings. The van der Waals surface area contributed by atoms with Crippen LogP contribution < -0.4 is 0 Å². The Kier molecular flexibility index (Phi) is 3.91. The minimum atomic E-state index is 0.208. The lowest BCUT2D eigenvalue weighted by Crippen LogP contribution is -2.06. The van der Waals surface area contributed by atoms with Crippen molar-refractivity contribution in [3.8, 4) is 0 Å². The monoisotopic (exact) mass is 278 g/mol. The molecule has 18 heavy (non-hydrogen) atoms. The van der Waals surface area contributed by atoms with Crippen LogP contribution in [0, 0.1) is 5.92 Å². The maximum absolute atomic E-state index is 6.78. The van der Waals surface area contributed by atoms with Crippen LogP contribution in [0.4, 0.5) is 0 Å². The molecule has 0 aliphatic heterocycles. The van der Waals surface area contributed by atoms with Gasteiger partial charge in [0.1, 0.15) is 0 Å². The Morgan fingerprint density at radius 1 is 1.06 bits per heavy atom. The van der Waals surface area contributed by atoms with Gasteiger partial charge in [-0.1, -0.05) is 43.9 Å². The van der Waals surface area contributed by atoms with Gasteiger partial charge >= 0.3 is 0 Å². The van der Waals surface area contributed by atoms with E-state index in [-0.39, 0.29) is 5.38 Å². The van der Waals surface area contributed by atoms with E-state index in [1.807, 2.05) is 11.3 Å². The lowest BCUT2D eigenvalue weighted by Gasteiger charge is -2.20. The van der Waals surface area contributed by atoms with Gasteiger partial charge in [0.25, 0.3) is 0 Å². The van der Waals surface area contributed by atoms with Crippen LogP contribution in [-0.2, 0) is 0 Å². The minimum absolute atomic E-state index is 0.208. The fourth-order valence-corrected chi connectivity index (χ4v) is 4.57. The van der Waals surface area contributed by atoms with E-state index in [0.717, 1.165) is 0 Å². The van der Waals surface area contributed by atoms with Crippen LogP contribution in [0.2, 0.25) is 0 Å². The standard InChI is InChI=1S/C16H19ClS/c17-16(12-7-3-1-2-4-8-12)14-11-18-15-10-6-5-9-13(14)15/h5-6,9-12,16H,1-4,7-8H2. The average Bonchev–Trinajstić information content (AvgIpc) is 2.65. The Morgan fingerprint density at radius 3 is 2.56 bits per heavy atom. The molecule has 1 atom stereocenters. The van der Waals surface area contributed by atoms with E-state index in [1.165, 1.54) is 54.2 Å². The number of alkyl halides is 1. The highest BCUT2D eigenvalue weighted by atomic mass is 35.5. The summed E-state index contributed by atoms with van der Waals surface area (Å²) < 4.78 is 1.37. The second-order valence-electron chi connectivity index (χ2n) is 5.34. The van der Waals surface area contributed by atoms with Crippen molar-refractivity contribution in [1.82, 2.24) is 0 Å². The number of benzene rings is 1. The van der Waals surface area contributed by atoms with Crippen molar-refractivity contribution >= 4 is 33.0 Å². The minimum Gasteiger partial charge on any atom is -0.143 e. The third-order valence-corrected chi connectivity index (χ3v) is 5.69. The molecule has 2 aromatic rings. The van der Waals surface area contributed by atoms with E-state index in [1.54, 1.807) is 0 Å². The van der Waals surface area contributed by atoms with E-state index in [9.17, 15) is 0 Å². The summed E-state index contributed by atoms with van der Waals surface area (Å²) in [6.07, 6.45) is 8.11. The van der Waals surface area contributed by atoms with Crippen LogP contribution >= 0.6 is 22.9 Å². The molecule has 96 valence electrons. The fourth-order valence-electron chi connectivity index (χ4n) is 3.07. The first-order valence-electron chi connectivity index (χ1n) is 6.96. The smallest absolute Gasteiger partial charge is 0.0627 e. The van der Waals surface area contributed by atoms with E-state index in [4.69, 9.17) is 11.6 Å². The molecule has 2 heteroatoms. The molecule has 0 radical (unpaired) electrons. The first-order chi connectivity index (χ1) is 8.86. The first-order valence-corrected chi connectivity index (χ1v) is 8.28. The Hall–Kier alpha value is -0.530. The van der Waals surface area contributed by atoms with Gasteiger partial charge in [0.2, 0.25) is 0 Å². The van der Waals surface area contributed by atoms with E-state index >= 15 is 0 Å². The van der Waals surface area contributed by atoms with Gasteiger partial charge in [0.15, 0.2) is 0 Å². The van der Waals surface area contributed by atoms with Crippen LogP contribution in [0.25, 0.3) is 10.1 Å². The third kappa shape index (κ3) is 2.44. The van der Waals surface area contributed by atoms with Crippen molar-refractivity contribution in [2.45, 2.75) is 43.9 Å². The van der Waals surface area contributed by atoms with Crippen LogP contribution in [0.1, 0.15) is 49.5 Å². The summed E-state index contributed by atoms with van der Waals surface area (Å²) in [7, 11) is 0. The SMILES string of the molecule is ClC(c1csc2ccccc12)C1CCCCCC1. The molecule has 0 N–H and O–H groups in total. The van der Waals surface area contributed by atoms with Crippen LogP contribution in [-0.4, -0.2) is 0 Å². The highest BCUT2D eigenvalue weighted by molar-refractivity contribution is 7.17. The fraction of sp³-hybridized carbons (Fsp3) is 0.500. The zero-order chi connectivity index (χ0) is 12.4. The summed E-state index contributed by atoms with van der Waals surface area (Å²) in [6.45, 7) is 0. The summed E-state index contributed by atoms with van der Waals surface area (Å²) >= 11 is 8.61. The highest BCUT2D eigenvalue weighted by Gasteiger charge is 2.24. The Bertz CT molecular complexity index is 509. The molecule has 0 saturated heterocycles. The Labute approximate surface area is 118 Å². The number of rotatable bonds is 2. The second kappa shape index (κ2) is 5.63. The van der Waals surface area contributed by atoms with Crippen molar-refractivity contribution in [2.24, 2.45) is 5.92 Å².